The van der Waals surface area contributed by atoms with Crippen LogP contribution in [0.3, 0.4) is 0 Å². The van der Waals surface area contributed by atoms with Gasteiger partial charge in [0, 0.05) is 25.1 Å². The molecule has 1 saturated heterocycles. The molecule has 1 aliphatic rings. The fraction of sp³-hybridized carbons (Fsp3) is 0.409. The Hall–Kier alpha value is -2.67. The number of nitrogens with zero attached hydrogens (tertiary/aromatic N) is 3. The third-order valence-corrected chi connectivity index (χ3v) is 5.87. The fourth-order valence-electron chi connectivity index (χ4n) is 3.98. The predicted molar refractivity (Wildman–Crippen MR) is 114 cm³/mol. The van der Waals surface area contributed by atoms with Gasteiger partial charge in [0.25, 0.3) is 0 Å². The molecule has 0 radical (unpaired) electrons. The molecule has 6 nitrogen and oxygen atoms in total. The zero-order chi connectivity index (χ0) is 20.2. The molecular formula is C22H26N4O2S. The highest BCUT2D eigenvalue weighted by Crippen LogP contribution is 2.31. The van der Waals surface area contributed by atoms with Gasteiger partial charge in [-0.2, -0.15) is 5.10 Å². The molecule has 4 rings (SSSR count). The van der Waals surface area contributed by atoms with Crippen LogP contribution in [0.25, 0.3) is 11.4 Å². The molecule has 7 heteroatoms. The van der Waals surface area contributed by atoms with E-state index in [9.17, 15) is 4.79 Å². The van der Waals surface area contributed by atoms with Crippen molar-refractivity contribution in [3.05, 3.63) is 58.8 Å². The molecule has 0 aliphatic carbocycles. The number of aromatic nitrogens is 3. The second-order valence-electron chi connectivity index (χ2n) is 7.59. The average molecular weight is 411 g/mol. The van der Waals surface area contributed by atoms with Crippen LogP contribution in [-0.2, 0) is 11.3 Å². The minimum absolute atomic E-state index is 0.0221. The zero-order valence-corrected chi connectivity index (χ0v) is 17.5. The molecule has 2 aromatic heterocycles. The highest BCUT2D eigenvalue weighted by molar-refractivity contribution is 7.71. The standard InChI is InChI=1S/C22H26N4O2S/c1-16-8-10-17(11-9-16)21-23-24-22(29)26(21)14-12-20(27)25-13-4-2-3-6-18(25)19-7-5-15-28-19/h5,7-11,15,18H,2-4,6,12-14H2,1H3,(H,24,29)/t18-/m1/s1. The number of carbonyl (C=O) groups is 1. The molecule has 0 saturated carbocycles. The van der Waals surface area contributed by atoms with Crippen molar-refractivity contribution in [1.29, 1.82) is 0 Å². The number of H-pyrrole nitrogens is 1. The normalized spacial score (nSPS) is 17.3. The minimum Gasteiger partial charge on any atom is -0.467 e. The lowest BCUT2D eigenvalue weighted by atomic mass is 10.1. The Labute approximate surface area is 175 Å². The molecule has 152 valence electrons. The van der Waals surface area contributed by atoms with Crippen molar-refractivity contribution in [1.82, 2.24) is 19.7 Å². The lowest BCUT2D eigenvalue weighted by molar-refractivity contribution is -0.134. The summed E-state index contributed by atoms with van der Waals surface area (Å²) in [7, 11) is 0. The summed E-state index contributed by atoms with van der Waals surface area (Å²) in [5.41, 5.74) is 2.17. The van der Waals surface area contributed by atoms with Crippen LogP contribution in [0.4, 0.5) is 0 Å². The van der Waals surface area contributed by atoms with Crippen molar-refractivity contribution in [3.63, 3.8) is 0 Å². The third kappa shape index (κ3) is 4.34. The van der Waals surface area contributed by atoms with E-state index in [0.717, 1.165) is 49.4 Å². The van der Waals surface area contributed by atoms with E-state index in [0.29, 0.717) is 17.7 Å². The van der Waals surface area contributed by atoms with Crippen LogP contribution in [-0.4, -0.2) is 32.1 Å². The number of aromatic amines is 1. The first kappa shape index (κ1) is 19.6. The summed E-state index contributed by atoms with van der Waals surface area (Å²) >= 11 is 5.42. The molecule has 1 aliphatic heterocycles. The quantitative estimate of drug-likeness (QED) is 0.598. The van der Waals surface area contributed by atoms with Gasteiger partial charge in [-0.3, -0.25) is 14.5 Å². The SMILES string of the molecule is Cc1ccc(-c2n[nH]c(=S)n2CCC(=O)N2CCCCC[C@@H]2c2ccco2)cc1. The van der Waals surface area contributed by atoms with Gasteiger partial charge in [0.2, 0.25) is 5.91 Å². The maximum atomic E-state index is 13.2. The molecule has 29 heavy (non-hydrogen) atoms. The first-order valence-corrected chi connectivity index (χ1v) is 10.6. The number of nitrogens with one attached hydrogen (secondary N) is 1. The molecule has 1 fully saturated rings. The number of hydrogen-bond acceptors (Lipinski definition) is 4. The van der Waals surface area contributed by atoms with Gasteiger partial charge in [0.15, 0.2) is 10.6 Å². The predicted octanol–water partition coefficient (Wildman–Crippen LogP) is 5.04. The number of hydrogen-bond donors (Lipinski definition) is 1. The fourth-order valence-corrected chi connectivity index (χ4v) is 4.21. The molecular weight excluding hydrogens is 384 g/mol. The number of benzene rings is 1. The Morgan fingerprint density at radius 3 is 2.83 bits per heavy atom. The summed E-state index contributed by atoms with van der Waals surface area (Å²) in [6.07, 6.45) is 6.29. The van der Waals surface area contributed by atoms with Crippen molar-refractivity contribution in [2.24, 2.45) is 0 Å². The van der Waals surface area contributed by atoms with Crippen LogP contribution in [0.15, 0.2) is 47.1 Å². The highest BCUT2D eigenvalue weighted by atomic mass is 32.1. The third-order valence-electron chi connectivity index (χ3n) is 5.56. The lowest BCUT2D eigenvalue weighted by Gasteiger charge is -2.29. The molecule has 0 unspecified atom stereocenters. The number of amides is 1. The van der Waals surface area contributed by atoms with Crippen LogP contribution in [0.5, 0.6) is 0 Å². The van der Waals surface area contributed by atoms with Crippen molar-refractivity contribution in [3.8, 4) is 11.4 Å². The number of likely N-dealkylation sites (tertiary alicyclic amines) is 1. The van der Waals surface area contributed by atoms with Crippen LogP contribution < -0.4 is 0 Å². The smallest absolute Gasteiger partial charge is 0.224 e. The van der Waals surface area contributed by atoms with Crippen molar-refractivity contribution in [2.45, 2.75) is 51.6 Å². The van der Waals surface area contributed by atoms with Gasteiger partial charge in [0.05, 0.1) is 12.3 Å². The first-order valence-electron chi connectivity index (χ1n) is 10.2. The molecule has 0 bridgehead atoms. The van der Waals surface area contributed by atoms with Gasteiger partial charge in [-0.25, -0.2) is 0 Å². The summed E-state index contributed by atoms with van der Waals surface area (Å²) in [6.45, 7) is 3.32. The summed E-state index contributed by atoms with van der Waals surface area (Å²) in [5, 5.41) is 7.25. The highest BCUT2D eigenvalue weighted by Gasteiger charge is 2.28. The number of rotatable bonds is 5. The molecule has 3 heterocycles. The molecule has 1 aromatic carbocycles. The Bertz CT molecular complexity index is 1000. The number of carbonyl (C=O) groups excluding carboxylic acids is 1. The number of furan rings is 1. The largest absolute Gasteiger partial charge is 0.467 e. The van der Waals surface area contributed by atoms with E-state index in [1.165, 1.54) is 5.56 Å². The Balaban J connectivity index is 1.51. The van der Waals surface area contributed by atoms with E-state index in [1.54, 1.807) is 6.26 Å². The molecule has 1 amide bonds. The second kappa shape index (κ2) is 8.78. The van der Waals surface area contributed by atoms with Crippen molar-refractivity contribution in [2.75, 3.05) is 6.54 Å². The summed E-state index contributed by atoms with van der Waals surface area (Å²) in [6, 6.07) is 12.0. The summed E-state index contributed by atoms with van der Waals surface area (Å²) in [5.74, 6) is 1.77. The maximum Gasteiger partial charge on any atom is 0.224 e. The zero-order valence-electron chi connectivity index (χ0n) is 16.6. The first-order chi connectivity index (χ1) is 14.1. The Morgan fingerprint density at radius 2 is 2.07 bits per heavy atom. The van der Waals surface area contributed by atoms with Gasteiger partial charge >= 0.3 is 0 Å². The monoisotopic (exact) mass is 410 g/mol. The van der Waals surface area contributed by atoms with Gasteiger partial charge in [-0.15, -0.1) is 0 Å². The van der Waals surface area contributed by atoms with Crippen LogP contribution in [0.2, 0.25) is 0 Å². The second-order valence-corrected chi connectivity index (χ2v) is 7.97. The molecule has 1 N–H and O–H groups in total. The van der Waals surface area contributed by atoms with E-state index in [2.05, 4.69) is 17.1 Å². The maximum absolute atomic E-state index is 13.2. The number of aryl methyl sites for hydroxylation is 1. The van der Waals surface area contributed by atoms with E-state index >= 15 is 0 Å². The van der Waals surface area contributed by atoms with E-state index in [1.807, 2.05) is 45.9 Å². The Kier molecular flexibility index (Phi) is 5.94. The van der Waals surface area contributed by atoms with E-state index in [-0.39, 0.29) is 11.9 Å². The van der Waals surface area contributed by atoms with E-state index < -0.39 is 0 Å². The van der Waals surface area contributed by atoms with Crippen molar-refractivity contribution >= 4 is 18.1 Å². The Morgan fingerprint density at radius 1 is 1.24 bits per heavy atom. The van der Waals surface area contributed by atoms with Crippen LogP contribution in [0, 0.1) is 11.7 Å². The minimum atomic E-state index is 0.0221. The molecule has 1 atom stereocenters. The van der Waals surface area contributed by atoms with Gasteiger partial charge in [-0.1, -0.05) is 42.7 Å². The van der Waals surface area contributed by atoms with Gasteiger partial charge in [0.1, 0.15) is 5.76 Å². The topological polar surface area (TPSA) is 67.1 Å². The van der Waals surface area contributed by atoms with Crippen LogP contribution in [0.1, 0.15) is 49.5 Å². The van der Waals surface area contributed by atoms with Gasteiger partial charge in [-0.05, 0) is 44.1 Å². The lowest BCUT2D eigenvalue weighted by Crippen LogP contribution is -2.35. The van der Waals surface area contributed by atoms with Crippen molar-refractivity contribution < 1.29 is 9.21 Å². The average Bonchev–Trinajstić information content (AvgIpc) is 3.31. The summed E-state index contributed by atoms with van der Waals surface area (Å²) < 4.78 is 8.08. The van der Waals surface area contributed by atoms with Gasteiger partial charge < -0.3 is 9.32 Å². The van der Waals surface area contributed by atoms with E-state index in [4.69, 9.17) is 16.6 Å². The van der Waals surface area contributed by atoms with Crippen LogP contribution >= 0.6 is 12.2 Å². The molecule has 0 spiro atoms. The molecule has 3 aromatic rings. The summed E-state index contributed by atoms with van der Waals surface area (Å²) in [4.78, 5) is 15.1.